The molecular formula is C21H32N4O2. The lowest BCUT2D eigenvalue weighted by Crippen LogP contribution is -2.53. The average Bonchev–Trinajstić information content (AvgIpc) is 2.74. The van der Waals surface area contributed by atoms with E-state index in [2.05, 4.69) is 4.90 Å². The first-order valence-electron chi connectivity index (χ1n) is 10.1. The molecule has 1 atom stereocenters. The highest BCUT2D eigenvalue weighted by atomic mass is 16.2. The lowest BCUT2D eigenvalue weighted by molar-refractivity contribution is -0.136. The van der Waals surface area contributed by atoms with Gasteiger partial charge < -0.3 is 15.5 Å². The van der Waals surface area contributed by atoms with Crippen LogP contribution in [-0.2, 0) is 9.59 Å². The highest BCUT2D eigenvalue weighted by molar-refractivity contribution is 5.83. The second-order valence-corrected chi connectivity index (χ2v) is 7.79. The minimum Gasteiger partial charge on any atom is -0.342 e. The van der Waals surface area contributed by atoms with Crippen LogP contribution in [0.3, 0.4) is 0 Å². The first kappa shape index (κ1) is 19.8. The number of carbonyl (C=O) groups is 2. The zero-order valence-corrected chi connectivity index (χ0v) is 16.3. The highest BCUT2D eigenvalue weighted by Gasteiger charge is 2.28. The molecule has 0 radical (unpaired) electrons. The van der Waals surface area contributed by atoms with E-state index in [0.717, 1.165) is 31.5 Å². The summed E-state index contributed by atoms with van der Waals surface area (Å²) < 4.78 is 0. The van der Waals surface area contributed by atoms with Crippen LogP contribution in [0.5, 0.6) is 0 Å². The highest BCUT2D eigenvalue weighted by Crippen LogP contribution is 2.22. The quantitative estimate of drug-likeness (QED) is 0.853. The second-order valence-electron chi connectivity index (χ2n) is 7.79. The van der Waals surface area contributed by atoms with Gasteiger partial charge in [0.1, 0.15) is 6.04 Å². The van der Waals surface area contributed by atoms with Gasteiger partial charge in [-0.15, -0.1) is 0 Å². The van der Waals surface area contributed by atoms with Crippen LogP contribution in [0, 0.1) is 0 Å². The maximum Gasteiger partial charge on any atom is 0.244 e. The third kappa shape index (κ3) is 5.08. The molecule has 0 bridgehead atoms. The Labute approximate surface area is 162 Å². The Morgan fingerprint density at radius 3 is 2.33 bits per heavy atom. The molecule has 2 aliphatic rings. The molecule has 1 aliphatic heterocycles. The predicted molar refractivity (Wildman–Crippen MR) is 106 cm³/mol. The summed E-state index contributed by atoms with van der Waals surface area (Å²) >= 11 is 0. The molecule has 6 heteroatoms. The van der Waals surface area contributed by atoms with E-state index in [1.807, 2.05) is 47.2 Å². The molecule has 1 heterocycles. The molecule has 1 aliphatic carbocycles. The Morgan fingerprint density at radius 2 is 1.70 bits per heavy atom. The number of rotatable bonds is 5. The molecule has 1 saturated carbocycles. The van der Waals surface area contributed by atoms with Gasteiger partial charge in [0.2, 0.25) is 11.8 Å². The smallest absolute Gasteiger partial charge is 0.244 e. The van der Waals surface area contributed by atoms with Crippen molar-refractivity contribution in [2.45, 2.75) is 44.2 Å². The molecule has 2 N–H and O–H groups in total. The summed E-state index contributed by atoms with van der Waals surface area (Å²) in [5, 5.41) is 0. The molecule has 1 aromatic rings. The average molecular weight is 373 g/mol. The van der Waals surface area contributed by atoms with Gasteiger partial charge in [-0.3, -0.25) is 14.5 Å². The van der Waals surface area contributed by atoms with Gasteiger partial charge in [-0.1, -0.05) is 49.6 Å². The van der Waals surface area contributed by atoms with E-state index in [9.17, 15) is 9.59 Å². The molecular weight excluding hydrogens is 340 g/mol. The summed E-state index contributed by atoms with van der Waals surface area (Å²) in [6, 6.07) is 9.27. The fraction of sp³-hybridized carbons (Fsp3) is 0.619. The molecule has 0 spiro atoms. The van der Waals surface area contributed by atoms with Crippen molar-refractivity contribution in [3.05, 3.63) is 35.9 Å². The van der Waals surface area contributed by atoms with Crippen LogP contribution < -0.4 is 5.73 Å². The zero-order chi connectivity index (χ0) is 19.2. The van der Waals surface area contributed by atoms with E-state index in [-0.39, 0.29) is 11.8 Å². The second kappa shape index (κ2) is 9.33. The molecule has 6 nitrogen and oxygen atoms in total. The molecule has 1 unspecified atom stereocenters. The van der Waals surface area contributed by atoms with Gasteiger partial charge in [0.15, 0.2) is 0 Å². The first-order valence-corrected chi connectivity index (χ1v) is 10.1. The third-order valence-corrected chi connectivity index (χ3v) is 5.98. The number of likely N-dealkylation sites (N-methyl/N-ethyl adjacent to an activating group) is 1. The minimum absolute atomic E-state index is 0.0356. The molecule has 0 aromatic heterocycles. The van der Waals surface area contributed by atoms with E-state index in [1.54, 1.807) is 0 Å². The number of benzene rings is 1. The van der Waals surface area contributed by atoms with Crippen molar-refractivity contribution < 1.29 is 9.59 Å². The van der Waals surface area contributed by atoms with Crippen LogP contribution in [0.1, 0.15) is 43.7 Å². The van der Waals surface area contributed by atoms with E-state index in [4.69, 9.17) is 5.73 Å². The first-order chi connectivity index (χ1) is 13.1. The lowest BCUT2D eigenvalue weighted by Gasteiger charge is -2.37. The number of nitrogens with zero attached hydrogens (tertiary/aromatic N) is 3. The molecule has 3 rings (SSSR count). The van der Waals surface area contributed by atoms with Gasteiger partial charge in [-0.25, -0.2) is 0 Å². The maximum atomic E-state index is 12.6. The minimum atomic E-state index is -0.614. The Balaban J connectivity index is 1.45. The number of carbonyl (C=O) groups excluding carboxylic acids is 2. The molecule has 148 valence electrons. The summed E-state index contributed by atoms with van der Waals surface area (Å²) in [5.41, 5.74) is 6.98. The van der Waals surface area contributed by atoms with Crippen LogP contribution in [0.2, 0.25) is 0 Å². The lowest BCUT2D eigenvalue weighted by atomic mass is 9.94. The SMILES string of the molecule is CN(C(=O)CN1CCN(C(=O)C(N)c2ccccc2)CC1)C1CCCCC1. The van der Waals surface area contributed by atoms with Crippen LogP contribution in [0.4, 0.5) is 0 Å². The third-order valence-electron chi connectivity index (χ3n) is 5.98. The Morgan fingerprint density at radius 1 is 1.07 bits per heavy atom. The van der Waals surface area contributed by atoms with Crippen LogP contribution in [-0.4, -0.2) is 72.3 Å². The van der Waals surface area contributed by atoms with Crippen molar-refractivity contribution >= 4 is 11.8 Å². The number of piperazine rings is 1. The van der Waals surface area contributed by atoms with Crippen LogP contribution >= 0.6 is 0 Å². The monoisotopic (exact) mass is 372 g/mol. The van der Waals surface area contributed by atoms with Crippen molar-refractivity contribution in [1.82, 2.24) is 14.7 Å². The van der Waals surface area contributed by atoms with Crippen molar-refractivity contribution in [2.75, 3.05) is 39.8 Å². The predicted octanol–water partition coefficient (Wildman–Crippen LogP) is 1.62. The Kier molecular flexibility index (Phi) is 6.85. The maximum absolute atomic E-state index is 12.6. The van der Waals surface area contributed by atoms with E-state index < -0.39 is 6.04 Å². The molecule has 27 heavy (non-hydrogen) atoms. The zero-order valence-electron chi connectivity index (χ0n) is 16.3. The van der Waals surface area contributed by atoms with Crippen molar-refractivity contribution in [3.8, 4) is 0 Å². The Hall–Kier alpha value is -1.92. The molecule has 2 fully saturated rings. The molecule has 2 amide bonds. The molecule has 1 aromatic carbocycles. The summed E-state index contributed by atoms with van der Waals surface area (Å²) in [6.45, 7) is 3.13. The summed E-state index contributed by atoms with van der Waals surface area (Å²) in [7, 11) is 1.94. The fourth-order valence-corrected chi connectivity index (χ4v) is 4.10. The topological polar surface area (TPSA) is 69.9 Å². The van der Waals surface area contributed by atoms with Gasteiger partial charge >= 0.3 is 0 Å². The Bertz CT molecular complexity index is 622. The van der Waals surface area contributed by atoms with Gasteiger partial charge in [0, 0.05) is 39.3 Å². The normalized spacial score (nSPS) is 20.3. The number of amides is 2. The summed E-state index contributed by atoms with van der Waals surface area (Å²) in [5.74, 6) is 0.161. The van der Waals surface area contributed by atoms with Gasteiger partial charge in [0.05, 0.1) is 6.54 Å². The number of hydrogen-bond donors (Lipinski definition) is 1. The molecule has 1 saturated heterocycles. The van der Waals surface area contributed by atoms with Crippen molar-refractivity contribution in [3.63, 3.8) is 0 Å². The summed E-state index contributed by atoms with van der Waals surface area (Å²) in [4.78, 5) is 31.2. The van der Waals surface area contributed by atoms with Gasteiger partial charge in [-0.2, -0.15) is 0 Å². The van der Waals surface area contributed by atoms with Gasteiger partial charge in [-0.05, 0) is 18.4 Å². The van der Waals surface area contributed by atoms with Crippen LogP contribution in [0.25, 0.3) is 0 Å². The number of hydrogen-bond acceptors (Lipinski definition) is 4. The van der Waals surface area contributed by atoms with E-state index >= 15 is 0 Å². The van der Waals surface area contributed by atoms with Crippen molar-refractivity contribution in [2.24, 2.45) is 5.73 Å². The fourth-order valence-electron chi connectivity index (χ4n) is 4.10. The van der Waals surface area contributed by atoms with E-state index in [0.29, 0.717) is 25.7 Å². The van der Waals surface area contributed by atoms with Crippen LogP contribution in [0.15, 0.2) is 30.3 Å². The standard InChI is InChI=1S/C21H32N4O2/c1-23(18-10-6-3-7-11-18)19(26)16-24-12-14-25(15-13-24)21(27)20(22)17-8-4-2-5-9-17/h2,4-5,8-9,18,20H,3,6-7,10-16,22H2,1H3. The van der Waals surface area contributed by atoms with Crippen molar-refractivity contribution in [1.29, 1.82) is 0 Å². The van der Waals surface area contributed by atoms with Gasteiger partial charge in [0.25, 0.3) is 0 Å². The summed E-state index contributed by atoms with van der Waals surface area (Å²) in [6.07, 6.45) is 6.00. The largest absolute Gasteiger partial charge is 0.342 e. The number of nitrogens with two attached hydrogens (primary N) is 1. The van der Waals surface area contributed by atoms with E-state index in [1.165, 1.54) is 19.3 Å².